The quantitative estimate of drug-likeness (QED) is 0.246. The van der Waals surface area contributed by atoms with Gasteiger partial charge in [0.2, 0.25) is 0 Å². The molecule has 0 saturated heterocycles. The number of ether oxygens (including phenoxy) is 2. The summed E-state index contributed by atoms with van der Waals surface area (Å²) in [5.74, 6) is 2.03. The summed E-state index contributed by atoms with van der Waals surface area (Å²) in [7, 11) is 0. The van der Waals surface area contributed by atoms with Crippen molar-refractivity contribution in [2.75, 3.05) is 38.2 Å². The average molecular weight is 445 g/mol. The van der Waals surface area contributed by atoms with Crippen LogP contribution in [0.2, 0.25) is 0 Å². The van der Waals surface area contributed by atoms with Gasteiger partial charge in [-0.05, 0) is 62.6 Å². The van der Waals surface area contributed by atoms with Gasteiger partial charge in [0, 0.05) is 38.5 Å². The van der Waals surface area contributed by atoms with Crippen molar-refractivity contribution in [3.63, 3.8) is 0 Å². The molecule has 0 atom stereocenters. The zero-order chi connectivity index (χ0) is 23.2. The molecular weight excluding hydrogens is 408 g/mol. The van der Waals surface area contributed by atoms with E-state index in [9.17, 15) is 4.79 Å². The maximum Gasteiger partial charge on any atom is 0.287 e. The van der Waals surface area contributed by atoms with Crippen molar-refractivity contribution in [3.05, 3.63) is 48.4 Å². The molecule has 0 aliphatic heterocycles. The van der Waals surface area contributed by atoms with E-state index in [-0.39, 0.29) is 12.0 Å². The van der Waals surface area contributed by atoms with E-state index in [4.69, 9.17) is 13.9 Å². The first-order chi connectivity index (χ1) is 15.4. The number of aliphatic imine (C=N–C) groups is 1. The fraction of sp³-hybridized carbons (Fsp3) is 0.500. The lowest BCUT2D eigenvalue weighted by molar-refractivity contribution is 0.0926. The van der Waals surface area contributed by atoms with E-state index < -0.39 is 0 Å². The molecule has 8 nitrogen and oxygen atoms in total. The Morgan fingerprint density at radius 2 is 1.81 bits per heavy atom. The molecular formula is C24H36N4O4. The molecule has 0 radical (unpaired) electrons. The van der Waals surface area contributed by atoms with Gasteiger partial charge in [0.15, 0.2) is 11.7 Å². The number of benzene rings is 1. The second kappa shape index (κ2) is 14.1. The summed E-state index contributed by atoms with van der Waals surface area (Å²) in [6.45, 7) is 11.3. The van der Waals surface area contributed by atoms with Crippen molar-refractivity contribution in [1.82, 2.24) is 10.6 Å². The number of guanidine groups is 1. The van der Waals surface area contributed by atoms with Crippen LogP contribution < -0.4 is 20.7 Å². The molecule has 0 unspecified atom stereocenters. The fourth-order valence-corrected chi connectivity index (χ4v) is 2.69. The smallest absolute Gasteiger partial charge is 0.287 e. The van der Waals surface area contributed by atoms with Gasteiger partial charge in [-0.3, -0.25) is 9.79 Å². The van der Waals surface area contributed by atoms with Gasteiger partial charge >= 0.3 is 0 Å². The van der Waals surface area contributed by atoms with E-state index in [2.05, 4.69) is 34.8 Å². The molecule has 3 N–H and O–H groups in total. The third kappa shape index (κ3) is 10.3. The van der Waals surface area contributed by atoms with Crippen molar-refractivity contribution in [3.8, 4) is 5.75 Å². The minimum Gasteiger partial charge on any atom is -0.491 e. The number of anilines is 1. The van der Waals surface area contributed by atoms with Crippen LogP contribution in [-0.4, -0.2) is 50.8 Å². The zero-order valence-electron chi connectivity index (χ0n) is 19.5. The topological polar surface area (TPSA) is 97.1 Å². The fourth-order valence-electron chi connectivity index (χ4n) is 2.69. The summed E-state index contributed by atoms with van der Waals surface area (Å²) in [6, 6.07) is 11.0. The van der Waals surface area contributed by atoms with Crippen LogP contribution in [0.4, 0.5) is 5.69 Å². The first-order valence-electron chi connectivity index (χ1n) is 11.2. The Morgan fingerprint density at radius 3 is 2.47 bits per heavy atom. The molecule has 1 heterocycles. The molecule has 1 aromatic heterocycles. The highest BCUT2D eigenvalue weighted by atomic mass is 16.5. The Morgan fingerprint density at radius 1 is 1.06 bits per heavy atom. The van der Waals surface area contributed by atoms with E-state index in [1.54, 1.807) is 12.1 Å². The summed E-state index contributed by atoms with van der Waals surface area (Å²) in [6.07, 6.45) is 2.43. The molecule has 0 spiro atoms. The number of furan rings is 1. The van der Waals surface area contributed by atoms with Crippen molar-refractivity contribution in [1.29, 1.82) is 0 Å². The number of carbonyl (C=O) groups is 1. The van der Waals surface area contributed by atoms with Crippen LogP contribution in [0.25, 0.3) is 0 Å². The molecule has 176 valence electrons. The number of nitrogens with one attached hydrogen (secondary N) is 3. The van der Waals surface area contributed by atoms with Gasteiger partial charge in [0.05, 0.1) is 12.4 Å². The molecule has 0 saturated carbocycles. The number of hydrogen-bond acceptors (Lipinski definition) is 5. The summed E-state index contributed by atoms with van der Waals surface area (Å²) in [5.41, 5.74) is 0.892. The lowest BCUT2D eigenvalue weighted by atomic mass is 10.2. The van der Waals surface area contributed by atoms with E-state index in [1.165, 1.54) is 6.26 Å². The third-order valence-corrected chi connectivity index (χ3v) is 4.10. The highest BCUT2D eigenvalue weighted by Gasteiger charge is 2.07. The largest absolute Gasteiger partial charge is 0.491 e. The van der Waals surface area contributed by atoms with Crippen LogP contribution in [0.15, 0.2) is 52.1 Å². The lowest BCUT2D eigenvalue weighted by Gasteiger charge is -2.14. The Kier molecular flexibility index (Phi) is 11.2. The molecule has 1 amide bonds. The molecule has 8 heteroatoms. The van der Waals surface area contributed by atoms with Gasteiger partial charge in [-0.25, -0.2) is 0 Å². The van der Waals surface area contributed by atoms with Gasteiger partial charge in [-0.2, -0.15) is 0 Å². The second-order valence-corrected chi connectivity index (χ2v) is 8.03. The minimum absolute atomic E-state index is 0.127. The highest BCUT2D eigenvalue weighted by molar-refractivity contribution is 5.94. The number of carbonyl (C=O) groups excluding carboxylic acids is 1. The monoisotopic (exact) mass is 444 g/mol. The maximum absolute atomic E-state index is 12.0. The van der Waals surface area contributed by atoms with Crippen LogP contribution in [0, 0.1) is 5.92 Å². The molecule has 1 aromatic carbocycles. The Hall–Kier alpha value is -3.00. The minimum atomic E-state index is -0.244. The van der Waals surface area contributed by atoms with Crippen molar-refractivity contribution in [2.45, 2.75) is 40.2 Å². The van der Waals surface area contributed by atoms with Gasteiger partial charge in [-0.1, -0.05) is 13.8 Å². The van der Waals surface area contributed by atoms with Crippen LogP contribution >= 0.6 is 0 Å². The lowest BCUT2D eigenvalue weighted by Crippen LogP contribution is -2.38. The Bertz CT molecular complexity index is 802. The molecule has 2 rings (SSSR count). The molecule has 0 fully saturated rings. The van der Waals surface area contributed by atoms with E-state index in [0.29, 0.717) is 43.9 Å². The molecule has 2 aromatic rings. The summed E-state index contributed by atoms with van der Waals surface area (Å²) >= 11 is 0. The SMILES string of the molecule is CC(C)COCCCN=C(NCCNC(=O)c1ccco1)Nc1ccc(OC(C)C)cc1. The van der Waals surface area contributed by atoms with E-state index in [1.807, 2.05) is 38.1 Å². The van der Waals surface area contributed by atoms with Crippen molar-refractivity contribution < 1.29 is 18.7 Å². The van der Waals surface area contributed by atoms with Gasteiger partial charge < -0.3 is 29.8 Å². The number of amides is 1. The first-order valence-corrected chi connectivity index (χ1v) is 11.2. The van der Waals surface area contributed by atoms with Crippen molar-refractivity contribution >= 4 is 17.6 Å². The summed E-state index contributed by atoms with van der Waals surface area (Å²) in [5, 5.41) is 9.35. The van der Waals surface area contributed by atoms with Crippen LogP contribution in [-0.2, 0) is 4.74 Å². The predicted molar refractivity (Wildman–Crippen MR) is 127 cm³/mol. The Labute approximate surface area is 190 Å². The van der Waals surface area contributed by atoms with E-state index in [0.717, 1.165) is 24.5 Å². The number of hydrogen-bond donors (Lipinski definition) is 3. The van der Waals surface area contributed by atoms with Crippen LogP contribution in [0.1, 0.15) is 44.7 Å². The maximum atomic E-state index is 12.0. The number of rotatable bonds is 13. The standard InChI is InChI=1S/C24H36N4O4/c1-18(2)17-30-15-6-12-26-24(27-14-13-25-23(29)22-7-5-16-31-22)28-20-8-10-21(11-9-20)32-19(3)4/h5,7-11,16,18-19H,6,12-15,17H2,1-4H3,(H,25,29)(H2,26,27,28). The molecule has 0 aliphatic rings. The van der Waals surface area contributed by atoms with Crippen molar-refractivity contribution in [2.24, 2.45) is 10.9 Å². The average Bonchev–Trinajstić information content (AvgIpc) is 3.29. The summed E-state index contributed by atoms with van der Waals surface area (Å²) in [4.78, 5) is 16.6. The molecule has 0 aliphatic carbocycles. The summed E-state index contributed by atoms with van der Waals surface area (Å²) < 4.78 is 16.4. The first kappa shape index (κ1) is 25.3. The predicted octanol–water partition coefficient (Wildman–Crippen LogP) is 3.92. The van der Waals surface area contributed by atoms with Gasteiger partial charge in [-0.15, -0.1) is 0 Å². The highest BCUT2D eigenvalue weighted by Crippen LogP contribution is 2.16. The third-order valence-electron chi connectivity index (χ3n) is 4.10. The number of nitrogens with zero attached hydrogens (tertiary/aromatic N) is 1. The molecule has 32 heavy (non-hydrogen) atoms. The normalized spacial score (nSPS) is 11.6. The van der Waals surface area contributed by atoms with Gasteiger partial charge in [0.1, 0.15) is 5.75 Å². The zero-order valence-corrected chi connectivity index (χ0v) is 19.5. The second-order valence-electron chi connectivity index (χ2n) is 8.03. The van der Waals surface area contributed by atoms with Crippen LogP contribution in [0.5, 0.6) is 5.75 Å². The van der Waals surface area contributed by atoms with Crippen LogP contribution in [0.3, 0.4) is 0 Å². The van der Waals surface area contributed by atoms with E-state index >= 15 is 0 Å². The Balaban J connectivity index is 1.85. The molecule has 0 bridgehead atoms. The van der Waals surface area contributed by atoms with Gasteiger partial charge in [0.25, 0.3) is 5.91 Å².